The Labute approximate surface area is 193 Å². The second-order valence-corrected chi connectivity index (χ2v) is 9.34. The first-order valence-corrected chi connectivity index (χ1v) is 11.5. The van der Waals surface area contributed by atoms with Gasteiger partial charge in [-0.3, -0.25) is 14.5 Å². The van der Waals surface area contributed by atoms with Crippen LogP contribution in [0.5, 0.6) is 5.75 Å². The zero-order chi connectivity index (χ0) is 22.4. The summed E-state index contributed by atoms with van der Waals surface area (Å²) in [5.74, 6) is 0.335. The van der Waals surface area contributed by atoms with Crippen molar-refractivity contribution in [3.63, 3.8) is 0 Å². The number of halogens is 1. The van der Waals surface area contributed by atoms with Crippen LogP contribution < -0.4 is 4.74 Å². The van der Waals surface area contributed by atoms with Crippen molar-refractivity contribution in [2.24, 2.45) is 5.16 Å². The highest BCUT2D eigenvalue weighted by Crippen LogP contribution is 2.45. The molecule has 0 bridgehead atoms. The molecule has 0 radical (unpaired) electrons. The molecule has 1 aliphatic heterocycles. The van der Waals surface area contributed by atoms with Crippen LogP contribution in [0.2, 0.25) is 5.02 Å². The number of fused-ring (bicyclic) bond motifs is 3. The van der Waals surface area contributed by atoms with Crippen LogP contribution >= 0.6 is 22.9 Å². The zero-order valence-electron chi connectivity index (χ0n) is 17.4. The number of aryl methyl sites for hydroxylation is 1. The van der Waals surface area contributed by atoms with Crippen LogP contribution in [0.3, 0.4) is 0 Å². The van der Waals surface area contributed by atoms with Gasteiger partial charge >= 0.3 is 0 Å². The van der Waals surface area contributed by atoms with E-state index in [1.807, 2.05) is 24.3 Å². The van der Waals surface area contributed by atoms with E-state index in [4.69, 9.17) is 21.3 Å². The van der Waals surface area contributed by atoms with E-state index >= 15 is 0 Å². The number of aromatic nitrogens is 1. The average Bonchev–Trinajstić information content (AvgIpc) is 3.33. The molecule has 2 aliphatic rings. The number of carbonyl (C=O) groups excluding carboxylic acids is 2. The van der Waals surface area contributed by atoms with Crippen molar-refractivity contribution < 1.29 is 19.5 Å². The molecule has 1 aliphatic carbocycles. The Balaban J connectivity index is 1.71. The van der Waals surface area contributed by atoms with Crippen LogP contribution in [0.4, 0.5) is 0 Å². The van der Waals surface area contributed by atoms with Crippen molar-refractivity contribution in [1.82, 2.24) is 9.88 Å². The topological polar surface area (TPSA) is 92.1 Å². The van der Waals surface area contributed by atoms with Crippen LogP contribution in [0.25, 0.3) is 21.3 Å². The normalized spacial score (nSPS) is 17.4. The first-order valence-electron chi connectivity index (χ1n) is 10.3. The second-order valence-electron chi connectivity index (χ2n) is 7.88. The Morgan fingerprint density at radius 2 is 1.88 bits per heavy atom. The quantitative estimate of drug-likeness (QED) is 0.342. The van der Waals surface area contributed by atoms with Gasteiger partial charge < -0.3 is 9.94 Å². The Hall–Kier alpha value is -2.97. The summed E-state index contributed by atoms with van der Waals surface area (Å²) in [6.07, 6.45) is 2.43. The molecule has 7 nitrogen and oxygen atoms in total. The lowest BCUT2D eigenvalue weighted by atomic mass is 9.91. The summed E-state index contributed by atoms with van der Waals surface area (Å²) in [7, 11) is 1.62. The van der Waals surface area contributed by atoms with E-state index in [0.717, 1.165) is 49.7 Å². The van der Waals surface area contributed by atoms with Crippen molar-refractivity contribution in [3.8, 4) is 16.9 Å². The third-order valence-corrected chi connectivity index (χ3v) is 7.58. The average molecular weight is 470 g/mol. The molecule has 3 heterocycles. The minimum atomic E-state index is -0.201. The minimum Gasteiger partial charge on any atom is -0.497 e. The van der Waals surface area contributed by atoms with Crippen molar-refractivity contribution in [3.05, 3.63) is 45.4 Å². The van der Waals surface area contributed by atoms with Crippen molar-refractivity contribution >= 4 is 50.7 Å². The van der Waals surface area contributed by atoms with Crippen molar-refractivity contribution in [2.75, 3.05) is 7.11 Å². The lowest BCUT2D eigenvalue weighted by Crippen LogP contribution is -2.29. The number of imide groups is 1. The molecule has 0 saturated carbocycles. The lowest BCUT2D eigenvalue weighted by molar-refractivity contribution is -0.139. The summed E-state index contributed by atoms with van der Waals surface area (Å²) in [6, 6.07) is 7.65. The predicted molar refractivity (Wildman–Crippen MR) is 123 cm³/mol. The van der Waals surface area contributed by atoms with Crippen LogP contribution in [0.1, 0.15) is 35.4 Å². The van der Waals surface area contributed by atoms with E-state index in [-0.39, 0.29) is 31.2 Å². The number of benzene rings is 1. The van der Waals surface area contributed by atoms with Crippen LogP contribution in [-0.2, 0) is 29.0 Å². The van der Waals surface area contributed by atoms with Gasteiger partial charge in [0.1, 0.15) is 10.6 Å². The molecule has 2 aromatic heterocycles. The maximum atomic E-state index is 12.2. The van der Waals surface area contributed by atoms with Gasteiger partial charge in [-0.2, -0.15) is 0 Å². The molecule has 0 atom stereocenters. The van der Waals surface area contributed by atoms with E-state index < -0.39 is 0 Å². The Kier molecular flexibility index (Phi) is 5.35. The molecule has 5 rings (SSSR count). The van der Waals surface area contributed by atoms with E-state index in [0.29, 0.717) is 23.6 Å². The number of methoxy groups -OCH3 is 1. The van der Waals surface area contributed by atoms with Gasteiger partial charge in [0.2, 0.25) is 11.8 Å². The van der Waals surface area contributed by atoms with Gasteiger partial charge in [0.15, 0.2) is 0 Å². The van der Waals surface area contributed by atoms with E-state index in [1.165, 1.54) is 4.90 Å². The molecular formula is C23H20ClN3O4S. The number of rotatable bonds is 4. The zero-order valence-corrected chi connectivity index (χ0v) is 18.9. The fourth-order valence-electron chi connectivity index (χ4n) is 4.38. The number of ether oxygens (including phenoxy) is 1. The van der Waals surface area contributed by atoms with Gasteiger partial charge in [-0.1, -0.05) is 28.9 Å². The molecule has 164 valence electrons. The van der Waals surface area contributed by atoms with Gasteiger partial charge in [0, 0.05) is 35.1 Å². The summed E-state index contributed by atoms with van der Waals surface area (Å²) >= 11 is 8.47. The lowest BCUT2D eigenvalue weighted by Gasteiger charge is -2.18. The fraction of sp³-hybridized carbons (Fsp3) is 0.304. The Bertz CT molecular complexity index is 1270. The Morgan fingerprint density at radius 1 is 1.16 bits per heavy atom. The number of oxime groups is 1. The maximum Gasteiger partial charge on any atom is 0.230 e. The predicted octanol–water partition coefficient (Wildman–Crippen LogP) is 4.59. The molecule has 32 heavy (non-hydrogen) atoms. The van der Waals surface area contributed by atoms with Crippen molar-refractivity contribution in [2.45, 2.75) is 38.6 Å². The standard InChI is InChI=1S/C23H20ClN3O4S/c1-31-14-5-2-12(3-6-14)20-21-15-7-4-13(26-30)10-17(15)32-23(21)25-16(22(20)24)11-27-18(28)8-9-19(27)29/h2-3,5-6,30H,4,7-11H2,1H3/b26-13+. The first-order chi connectivity index (χ1) is 15.5. The monoisotopic (exact) mass is 469 g/mol. The molecule has 0 spiro atoms. The SMILES string of the molecule is COc1ccc(-c2c(Cl)c(CN3C(=O)CCC3=O)nc3sc4c(c23)CC/C(=N\O)C4)cc1. The number of amides is 2. The third kappa shape index (κ3) is 3.43. The first kappa shape index (κ1) is 20.9. The highest BCUT2D eigenvalue weighted by atomic mass is 35.5. The van der Waals surface area contributed by atoms with E-state index in [1.54, 1.807) is 18.4 Å². The van der Waals surface area contributed by atoms with Crippen LogP contribution in [-0.4, -0.2) is 39.7 Å². The molecule has 2 amide bonds. The molecule has 9 heteroatoms. The molecule has 1 N–H and O–H groups in total. The minimum absolute atomic E-state index is 0.0571. The molecule has 3 aromatic rings. The summed E-state index contributed by atoms with van der Waals surface area (Å²) in [5.41, 5.74) is 4.16. The third-order valence-electron chi connectivity index (χ3n) is 6.04. The van der Waals surface area contributed by atoms with Gasteiger partial charge in [-0.25, -0.2) is 4.98 Å². The maximum absolute atomic E-state index is 12.2. The Morgan fingerprint density at radius 3 is 2.53 bits per heavy atom. The van der Waals surface area contributed by atoms with Gasteiger partial charge in [0.25, 0.3) is 0 Å². The number of nitrogens with zero attached hydrogens (tertiary/aromatic N) is 3. The van der Waals surface area contributed by atoms with Gasteiger partial charge in [-0.15, -0.1) is 11.3 Å². The molecule has 1 saturated heterocycles. The van der Waals surface area contributed by atoms with Crippen LogP contribution in [0.15, 0.2) is 29.4 Å². The summed E-state index contributed by atoms with van der Waals surface area (Å²) in [4.78, 5) is 32.3. The number of hydrogen-bond donors (Lipinski definition) is 1. The number of likely N-dealkylation sites (tertiary alicyclic amines) is 1. The smallest absolute Gasteiger partial charge is 0.230 e. The van der Waals surface area contributed by atoms with Gasteiger partial charge in [0.05, 0.1) is 30.1 Å². The number of pyridine rings is 1. The summed E-state index contributed by atoms with van der Waals surface area (Å²) < 4.78 is 5.30. The molecule has 1 aromatic carbocycles. The highest BCUT2D eigenvalue weighted by molar-refractivity contribution is 7.19. The highest BCUT2D eigenvalue weighted by Gasteiger charge is 2.32. The second kappa shape index (κ2) is 8.18. The van der Waals surface area contributed by atoms with Crippen LogP contribution in [0, 0.1) is 0 Å². The van der Waals surface area contributed by atoms with Gasteiger partial charge in [-0.05, 0) is 36.1 Å². The van der Waals surface area contributed by atoms with E-state index in [9.17, 15) is 14.8 Å². The van der Waals surface area contributed by atoms with Crippen molar-refractivity contribution in [1.29, 1.82) is 0 Å². The number of thiophene rings is 1. The molecule has 0 unspecified atom stereocenters. The number of carbonyl (C=O) groups is 2. The van der Waals surface area contributed by atoms with E-state index in [2.05, 4.69) is 5.16 Å². The molecular weight excluding hydrogens is 450 g/mol. The largest absolute Gasteiger partial charge is 0.497 e. The summed E-state index contributed by atoms with van der Waals surface area (Å²) in [6.45, 7) is 0.0571. The molecule has 1 fully saturated rings. The summed E-state index contributed by atoms with van der Waals surface area (Å²) in [5, 5.41) is 14.1. The fourth-order valence-corrected chi connectivity index (χ4v) is 5.97. The number of hydrogen-bond acceptors (Lipinski definition) is 7.